The fourth-order valence-corrected chi connectivity index (χ4v) is 1.37. The second-order valence-electron chi connectivity index (χ2n) is 3.48. The van der Waals surface area contributed by atoms with Crippen LogP contribution in [0.25, 0.3) is 0 Å². The van der Waals surface area contributed by atoms with Crippen molar-refractivity contribution < 1.29 is 0 Å². The van der Waals surface area contributed by atoms with E-state index in [4.69, 9.17) is 0 Å². The predicted octanol–water partition coefficient (Wildman–Crippen LogP) is 0.146. The van der Waals surface area contributed by atoms with E-state index in [2.05, 4.69) is 10.6 Å². The SMILES string of the molecule is CNc1c(NCC2CC2)c(=O)c1=O. The molecule has 0 aromatic heterocycles. The van der Waals surface area contributed by atoms with E-state index in [1.54, 1.807) is 7.05 Å². The molecule has 1 saturated carbocycles. The summed E-state index contributed by atoms with van der Waals surface area (Å²) in [5, 5.41) is 5.73. The highest BCUT2D eigenvalue weighted by atomic mass is 16.2. The van der Waals surface area contributed by atoms with Gasteiger partial charge >= 0.3 is 0 Å². The zero-order chi connectivity index (χ0) is 9.42. The average molecular weight is 180 g/mol. The first-order valence-electron chi connectivity index (χ1n) is 4.49. The molecule has 4 nitrogen and oxygen atoms in total. The Kier molecular flexibility index (Phi) is 1.83. The Morgan fingerprint density at radius 1 is 1.23 bits per heavy atom. The van der Waals surface area contributed by atoms with Crippen LogP contribution in [0.1, 0.15) is 12.8 Å². The third-order valence-electron chi connectivity index (χ3n) is 2.42. The zero-order valence-corrected chi connectivity index (χ0v) is 7.52. The standard InChI is InChI=1S/C9H12N2O2/c1-10-6-7(9(13)8(6)12)11-4-5-2-3-5/h5,10-11H,2-4H2,1H3. The second-order valence-corrected chi connectivity index (χ2v) is 3.48. The molecular weight excluding hydrogens is 168 g/mol. The van der Waals surface area contributed by atoms with E-state index in [1.165, 1.54) is 12.8 Å². The van der Waals surface area contributed by atoms with Crippen LogP contribution in [0, 0.1) is 5.92 Å². The first-order chi connectivity index (χ1) is 6.24. The van der Waals surface area contributed by atoms with Gasteiger partial charge in [0, 0.05) is 13.6 Å². The van der Waals surface area contributed by atoms with Crippen LogP contribution in [0.3, 0.4) is 0 Å². The summed E-state index contributed by atoms with van der Waals surface area (Å²) in [4.78, 5) is 22.0. The molecule has 1 aliphatic carbocycles. The summed E-state index contributed by atoms with van der Waals surface area (Å²) in [5.41, 5.74) is 0.121. The summed E-state index contributed by atoms with van der Waals surface area (Å²) in [7, 11) is 1.65. The number of hydrogen-bond donors (Lipinski definition) is 2. The maximum atomic E-state index is 11.1. The number of rotatable bonds is 4. The molecule has 2 rings (SSSR count). The molecule has 1 fully saturated rings. The van der Waals surface area contributed by atoms with E-state index < -0.39 is 5.43 Å². The largest absolute Gasteiger partial charge is 0.383 e. The van der Waals surface area contributed by atoms with Crippen molar-refractivity contribution in [3.63, 3.8) is 0 Å². The van der Waals surface area contributed by atoms with Gasteiger partial charge in [0.15, 0.2) is 0 Å². The van der Waals surface area contributed by atoms with E-state index in [0.29, 0.717) is 17.3 Å². The topological polar surface area (TPSA) is 58.2 Å². The minimum Gasteiger partial charge on any atom is -0.383 e. The first-order valence-corrected chi connectivity index (χ1v) is 4.49. The van der Waals surface area contributed by atoms with Crippen molar-refractivity contribution in [3.8, 4) is 0 Å². The maximum Gasteiger partial charge on any atom is 0.253 e. The first kappa shape index (κ1) is 8.29. The van der Waals surface area contributed by atoms with Crippen molar-refractivity contribution in [3.05, 3.63) is 20.4 Å². The van der Waals surface area contributed by atoms with Crippen molar-refractivity contribution in [2.24, 2.45) is 5.92 Å². The molecule has 1 aromatic carbocycles. The van der Waals surface area contributed by atoms with Gasteiger partial charge in [-0.1, -0.05) is 0 Å². The van der Waals surface area contributed by atoms with Gasteiger partial charge < -0.3 is 10.6 Å². The summed E-state index contributed by atoms with van der Waals surface area (Å²) in [6.07, 6.45) is 2.47. The Morgan fingerprint density at radius 2 is 1.85 bits per heavy atom. The van der Waals surface area contributed by atoms with Crippen LogP contribution >= 0.6 is 0 Å². The highest BCUT2D eigenvalue weighted by Crippen LogP contribution is 2.29. The molecular formula is C9H12N2O2. The van der Waals surface area contributed by atoms with Gasteiger partial charge in [-0.25, -0.2) is 0 Å². The van der Waals surface area contributed by atoms with Crippen molar-refractivity contribution in [1.82, 2.24) is 0 Å². The Hall–Kier alpha value is -1.32. The molecule has 0 spiro atoms. The minimum absolute atomic E-state index is 0.384. The Morgan fingerprint density at radius 3 is 2.38 bits per heavy atom. The summed E-state index contributed by atoms with van der Waals surface area (Å²) < 4.78 is 0. The van der Waals surface area contributed by atoms with Crippen molar-refractivity contribution >= 4 is 11.4 Å². The number of hydrogen-bond acceptors (Lipinski definition) is 4. The van der Waals surface area contributed by atoms with Gasteiger partial charge in [0.1, 0.15) is 11.4 Å². The quantitative estimate of drug-likeness (QED) is 0.647. The Labute approximate surface area is 75.7 Å². The molecule has 0 unspecified atom stereocenters. The molecule has 0 heterocycles. The molecule has 0 radical (unpaired) electrons. The van der Waals surface area contributed by atoms with Gasteiger partial charge in [0.25, 0.3) is 10.9 Å². The van der Waals surface area contributed by atoms with Crippen LogP contribution in [0.4, 0.5) is 11.4 Å². The van der Waals surface area contributed by atoms with E-state index in [1.807, 2.05) is 0 Å². The molecule has 1 aliphatic rings. The lowest BCUT2D eigenvalue weighted by atomic mass is 10.2. The van der Waals surface area contributed by atoms with E-state index >= 15 is 0 Å². The van der Waals surface area contributed by atoms with Crippen LogP contribution in [-0.2, 0) is 0 Å². The number of nitrogens with one attached hydrogen (secondary N) is 2. The summed E-state index contributed by atoms with van der Waals surface area (Å²) in [5.74, 6) is 0.703. The second kappa shape index (κ2) is 2.87. The van der Waals surface area contributed by atoms with Gasteiger partial charge in [-0.2, -0.15) is 0 Å². The molecule has 1 aromatic rings. The van der Waals surface area contributed by atoms with Crippen LogP contribution < -0.4 is 21.5 Å². The third kappa shape index (κ3) is 1.32. The van der Waals surface area contributed by atoms with Crippen molar-refractivity contribution in [2.45, 2.75) is 12.8 Å². The van der Waals surface area contributed by atoms with E-state index in [-0.39, 0.29) is 5.43 Å². The average Bonchev–Trinajstić information content (AvgIpc) is 2.94. The molecule has 2 N–H and O–H groups in total. The highest BCUT2D eigenvalue weighted by molar-refractivity contribution is 5.73. The minimum atomic E-state index is -0.402. The van der Waals surface area contributed by atoms with Gasteiger partial charge in [0.05, 0.1) is 0 Å². The monoisotopic (exact) mass is 180 g/mol. The lowest BCUT2D eigenvalue weighted by Gasteiger charge is -2.11. The van der Waals surface area contributed by atoms with E-state index in [9.17, 15) is 9.59 Å². The van der Waals surface area contributed by atoms with Crippen LogP contribution in [0.2, 0.25) is 0 Å². The van der Waals surface area contributed by atoms with Crippen LogP contribution in [0.5, 0.6) is 0 Å². The smallest absolute Gasteiger partial charge is 0.253 e. The lowest BCUT2D eigenvalue weighted by Crippen LogP contribution is -2.37. The van der Waals surface area contributed by atoms with Gasteiger partial charge in [-0.15, -0.1) is 0 Å². The molecule has 0 amide bonds. The predicted molar refractivity (Wildman–Crippen MR) is 52.1 cm³/mol. The Bertz CT molecular complexity index is 386. The fraction of sp³-hybridized carbons (Fsp3) is 0.556. The third-order valence-corrected chi connectivity index (χ3v) is 2.42. The van der Waals surface area contributed by atoms with Crippen LogP contribution in [-0.4, -0.2) is 13.6 Å². The summed E-state index contributed by atoms with van der Waals surface area (Å²) >= 11 is 0. The van der Waals surface area contributed by atoms with Gasteiger partial charge in [-0.3, -0.25) is 9.59 Å². The van der Waals surface area contributed by atoms with Crippen LogP contribution in [0.15, 0.2) is 9.59 Å². The number of anilines is 2. The molecule has 0 bridgehead atoms. The maximum absolute atomic E-state index is 11.1. The fourth-order valence-electron chi connectivity index (χ4n) is 1.37. The molecule has 70 valence electrons. The lowest BCUT2D eigenvalue weighted by molar-refractivity contribution is 0.886. The summed E-state index contributed by atoms with van der Waals surface area (Å²) in [6.45, 7) is 0.819. The zero-order valence-electron chi connectivity index (χ0n) is 7.52. The normalized spacial score (nSPS) is 16.1. The molecule has 0 atom stereocenters. The van der Waals surface area contributed by atoms with Crippen molar-refractivity contribution in [2.75, 3.05) is 24.2 Å². The molecule has 13 heavy (non-hydrogen) atoms. The molecule has 0 aliphatic heterocycles. The Balaban J connectivity index is 2.06. The van der Waals surface area contributed by atoms with Gasteiger partial charge in [0.2, 0.25) is 0 Å². The highest BCUT2D eigenvalue weighted by Gasteiger charge is 2.24. The van der Waals surface area contributed by atoms with E-state index in [0.717, 1.165) is 6.54 Å². The van der Waals surface area contributed by atoms with Gasteiger partial charge in [-0.05, 0) is 18.8 Å². The summed E-state index contributed by atoms with van der Waals surface area (Å²) in [6, 6.07) is 0. The van der Waals surface area contributed by atoms with Crippen molar-refractivity contribution in [1.29, 1.82) is 0 Å². The molecule has 4 heteroatoms. The molecule has 0 saturated heterocycles.